The van der Waals surface area contributed by atoms with E-state index in [0.717, 1.165) is 5.56 Å². The zero-order valence-electron chi connectivity index (χ0n) is 10.2. The maximum atomic E-state index is 6.16. The molecule has 0 aliphatic heterocycles. The molecule has 0 saturated heterocycles. The van der Waals surface area contributed by atoms with Gasteiger partial charge in [0.25, 0.3) is 0 Å². The lowest BCUT2D eigenvalue weighted by Gasteiger charge is -2.12. The maximum Gasteiger partial charge on any atom is 0.146 e. The Morgan fingerprint density at radius 3 is 2.05 bits per heavy atom. The monoisotopic (exact) mass is 315 g/mol. The molecule has 0 radical (unpaired) electrons. The molecule has 0 saturated carbocycles. The van der Waals surface area contributed by atoms with Crippen LogP contribution in [0.1, 0.15) is 18.5 Å². The highest BCUT2D eigenvalue weighted by Gasteiger charge is 2.09. The van der Waals surface area contributed by atoms with Gasteiger partial charge in [0.1, 0.15) is 11.5 Å². The van der Waals surface area contributed by atoms with Gasteiger partial charge in [-0.1, -0.05) is 40.9 Å². The summed E-state index contributed by atoms with van der Waals surface area (Å²) in [4.78, 5) is 0. The number of hydrogen-bond donors (Lipinski definition) is 1. The molecule has 0 heterocycles. The molecule has 0 aliphatic carbocycles. The van der Waals surface area contributed by atoms with Crippen molar-refractivity contribution < 1.29 is 4.74 Å². The number of nitrogens with two attached hydrogens (primary N) is 1. The fraction of sp³-hybridized carbons (Fsp3) is 0.143. The third kappa shape index (κ3) is 3.54. The van der Waals surface area contributed by atoms with Crippen LogP contribution >= 0.6 is 34.8 Å². The van der Waals surface area contributed by atoms with Crippen LogP contribution in [0.5, 0.6) is 11.5 Å². The fourth-order valence-corrected chi connectivity index (χ4v) is 2.23. The Balaban J connectivity index is 2.28. The van der Waals surface area contributed by atoms with Crippen molar-refractivity contribution in [3.63, 3.8) is 0 Å². The Labute approximate surface area is 127 Å². The lowest BCUT2D eigenvalue weighted by atomic mass is 10.1. The third-order valence-electron chi connectivity index (χ3n) is 2.60. The second-order valence-corrected chi connectivity index (χ2v) is 5.41. The molecule has 0 bridgehead atoms. The zero-order valence-corrected chi connectivity index (χ0v) is 12.4. The number of benzene rings is 2. The molecule has 0 aromatic heterocycles. The Bertz CT molecular complexity index is 599. The van der Waals surface area contributed by atoms with Crippen molar-refractivity contribution in [3.05, 3.63) is 57.0 Å². The summed E-state index contributed by atoms with van der Waals surface area (Å²) in [6, 6.07) is 10.4. The molecule has 0 amide bonds. The van der Waals surface area contributed by atoms with Crippen LogP contribution in [0.3, 0.4) is 0 Å². The highest BCUT2D eigenvalue weighted by atomic mass is 35.5. The van der Waals surface area contributed by atoms with Crippen molar-refractivity contribution in [1.29, 1.82) is 0 Å². The van der Waals surface area contributed by atoms with Crippen molar-refractivity contribution in [3.8, 4) is 11.5 Å². The maximum absolute atomic E-state index is 6.16. The molecule has 2 N–H and O–H groups in total. The van der Waals surface area contributed by atoms with Gasteiger partial charge in [-0.3, -0.25) is 0 Å². The van der Waals surface area contributed by atoms with E-state index in [1.807, 2.05) is 13.0 Å². The lowest BCUT2D eigenvalue weighted by molar-refractivity contribution is 0.483. The van der Waals surface area contributed by atoms with Gasteiger partial charge in [-0.05, 0) is 42.8 Å². The summed E-state index contributed by atoms with van der Waals surface area (Å²) in [7, 11) is 0. The Morgan fingerprint density at radius 2 is 1.53 bits per heavy atom. The molecule has 19 heavy (non-hydrogen) atoms. The largest absolute Gasteiger partial charge is 0.454 e. The van der Waals surface area contributed by atoms with Gasteiger partial charge in [0, 0.05) is 11.1 Å². The van der Waals surface area contributed by atoms with Crippen molar-refractivity contribution in [2.24, 2.45) is 5.73 Å². The predicted molar refractivity (Wildman–Crippen MR) is 80.6 cm³/mol. The summed E-state index contributed by atoms with van der Waals surface area (Å²) in [6.07, 6.45) is 0. The van der Waals surface area contributed by atoms with Crippen LogP contribution in [-0.4, -0.2) is 0 Å². The van der Waals surface area contributed by atoms with Crippen molar-refractivity contribution in [1.82, 2.24) is 0 Å². The van der Waals surface area contributed by atoms with Gasteiger partial charge in [-0.2, -0.15) is 0 Å². The van der Waals surface area contributed by atoms with E-state index < -0.39 is 0 Å². The third-order valence-corrected chi connectivity index (χ3v) is 3.42. The van der Waals surface area contributed by atoms with E-state index in [2.05, 4.69) is 0 Å². The quantitative estimate of drug-likeness (QED) is 0.816. The summed E-state index contributed by atoms with van der Waals surface area (Å²) >= 11 is 18.0. The van der Waals surface area contributed by atoms with Crippen molar-refractivity contribution in [2.45, 2.75) is 13.0 Å². The van der Waals surface area contributed by atoms with Gasteiger partial charge in [-0.15, -0.1) is 0 Å². The van der Waals surface area contributed by atoms with Crippen LogP contribution in [0.25, 0.3) is 0 Å². The van der Waals surface area contributed by atoms with Gasteiger partial charge in [0.15, 0.2) is 0 Å². The van der Waals surface area contributed by atoms with Gasteiger partial charge in [0.2, 0.25) is 0 Å². The molecule has 2 aromatic carbocycles. The standard InChI is InChI=1S/C14H12Cl3NO/c1-8(18)9-2-4-13(11(16)6-9)19-14-5-3-10(15)7-12(14)17/h2-8H,18H2,1H3/t8-/m0/s1. The predicted octanol–water partition coefficient (Wildman–Crippen LogP) is 5.46. The topological polar surface area (TPSA) is 35.2 Å². The molecular weight excluding hydrogens is 305 g/mol. The fourth-order valence-electron chi connectivity index (χ4n) is 1.56. The molecule has 0 fully saturated rings. The van der Waals surface area contributed by atoms with E-state index >= 15 is 0 Å². The number of ether oxygens (including phenoxy) is 1. The van der Waals surface area contributed by atoms with E-state index in [1.54, 1.807) is 30.3 Å². The van der Waals surface area contributed by atoms with E-state index in [0.29, 0.717) is 26.6 Å². The van der Waals surface area contributed by atoms with Crippen LogP contribution < -0.4 is 10.5 Å². The summed E-state index contributed by atoms with van der Waals surface area (Å²) in [5, 5.41) is 1.47. The molecule has 0 aliphatic rings. The van der Waals surface area contributed by atoms with Gasteiger partial charge in [-0.25, -0.2) is 0 Å². The van der Waals surface area contributed by atoms with E-state index in [9.17, 15) is 0 Å². The first-order valence-corrected chi connectivity index (χ1v) is 6.78. The van der Waals surface area contributed by atoms with Crippen molar-refractivity contribution in [2.75, 3.05) is 0 Å². The summed E-state index contributed by atoms with van der Waals surface area (Å²) < 4.78 is 5.67. The molecule has 2 nitrogen and oxygen atoms in total. The number of halogens is 3. The highest BCUT2D eigenvalue weighted by molar-refractivity contribution is 6.35. The highest BCUT2D eigenvalue weighted by Crippen LogP contribution is 2.35. The average Bonchev–Trinajstić information content (AvgIpc) is 2.34. The lowest BCUT2D eigenvalue weighted by Crippen LogP contribution is -2.04. The summed E-state index contributed by atoms with van der Waals surface area (Å²) in [5.41, 5.74) is 6.73. The zero-order chi connectivity index (χ0) is 14.0. The Hall–Kier alpha value is -0.930. The molecule has 5 heteroatoms. The van der Waals surface area contributed by atoms with E-state index in [-0.39, 0.29) is 6.04 Å². The summed E-state index contributed by atoms with van der Waals surface area (Å²) in [5.74, 6) is 1.02. The SMILES string of the molecule is C[C@H](N)c1ccc(Oc2ccc(Cl)cc2Cl)c(Cl)c1. The smallest absolute Gasteiger partial charge is 0.146 e. The van der Waals surface area contributed by atoms with E-state index in [1.165, 1.54) is 0 Å². The molecular formula is C14H12Cl3NO. The van der Waals surface area contributed by atoms with Crippen LogP contribution in [0.2, 0.25) is 15.1 Å². The van der Waals surface area contributed by atoms with Crippen molar-refractivity contribution >= 4 is 34.8 Å². The minimum atomic E-state index is -0.0781. The molecule has 2 rings (SSSR count). The van der Waals surface area contributed by atoms with Gasteiger partial charge >= 0.3 is 0 Å². The van der Waals surface area contributed by atoms with Crippen LogP contribution in [0.15, 0.2) is 36.4 Å². The summed E-state index contributed by atoms with van der Waals surface area (Å²) in [6.45, 7) is 1.89. The van der Waals surface area contributed by atoms with Gasteiger partial charge in [0.05, 0.1) is 10.0 Å². The second kappa shape index (κ2) is 6.02. The molecule has 2 aromatic rings. The minimum Gasteiger partial charge on any atom is -0.454 e. The first-order chi connectivity index (χ1) is 8.97. The Kier molecular flexibility index (Phi) is 4.58. The van der Waals surface area contributed by atoms with Gasteiger partial charge < -0.3 is 10.5 Å². The van der Waals surface area contributed by atoms with Crippen LogP contribution in [0.4, 0.5) is 0 Å². The van der Waals surface area contributed by atoms with E-state index in [4.69, 9.17) is 45.3 Å². The Morgan fingerprint density at radius 1 is 0.947 bits per heavy atom. The molecule has 0 spiro atoms. The minimum absolute atomic E-state index is 0.0781. The number of hydrogen-bond acceptors (Lipinski definition) is 2. The first kappa shape index (κ1) is 14.5. The average molecular weight is 317 g/mol. The molecule has 1 atom stereocenters. The molecule has 100 valence electrons. The molecule has 0 unspecified atom stereocenters. The van der Waals surface area contributed by atoms with Crippen LogP contribution in [-0.2, 0) is 0 Å². The normalized spacial score (nSPS) is 12.3. The first-order valence-electron chi connectivity index (χ1n) is 5.65. The van der Waals surface area contributed by atoms with Crippen LogP contribution in [0, 0.1) is 0 Å². The number of rotatable bonds is 3. The second-order valence-electron chi connectivity index (χ2n) is 4.16.